The van der Waals surface area contributed by atoms with Crippen molar-refractivity contribution in [1.29, 1.82) is 0 Å². The summed E-state index contributed by atoms with van der Waals surface area (Å²) in [5, 5.41) is 0. The van der Waals surface area contributed by atoms with Crippen LogP contribution in [0.3, 0.4) is 0 Å². The molecule has 0 N–H and O–H groups in total. The number of carbonyl (C=O) groups excluding carboxylic acids is 2. The van der Waals surface area contributed by atoms with Crippen molar-refractivity contribution in [2.75, 3.05) is 0 Å². The van der Waals surface area contributed by atoms with Crippen LogP contribution in [0.4, 0.5) is 4.39 Å². The third kappa shape index (κ3) is 1.77. The summed E-state index contributed by atoms with van der Waals surface area (Å²) < 4.78 is 14.3. The molecule has 2 rings (SSSR count). The molecule has 0 saturated carbocycles. The highest BCUT2D eigenvalue weighted by Crippen LogP contribution is 2.13. The molecule has 3 nitrogen and oxygen atoms in total. The first-order valence-electron chi connectivity index (χ1n) is 4.65. The van der Waals surface area contributed by atoms with E-state index < -0.39 is 5.78 Å². The minimum absolute atomic E-state index is 0.259. The summed E-state index contributed by atoms with van der Waals surface area (Å²) in [6.45, 7) is 0. The van der Waals surface area contributed by atoms with E-state index in [1.54, 1.807) is 18.3 Å². The maximum atomic E-state index is 12.7. The van der Waals surface area contributed by atoms with Crippen LogP contribution < -0.4 is 0 Å². The van der Waals surface area contributed by atoms with E-state index in [1.807, 2.05) is 0 Å². The van der Waals surface area contributed by atoms with Gasteiger partial charge in [-0.15, -0.1) is 0 Å². The molecule has 0 spiro atoms. The molecule has 0 bridgehead atoms. The van der Waals surface area contributed by atoms with Gasteiger partial charge >= 0.3 is 0 Å². The van der Waals surface area contributed by atoms with E-state index in [2.05, 4.69) is 0 Å². The Morgan fingerprint density at radius 1 is 1.19 bits per heavy atom. The van der Waals surface area contributed by atoms with Crippen molar-refractivity contribution in [3.63, 3.8) is 0 Å². The highest BCUT2D eigenvalue weighted by atomic mass is 19.1. The molecule has 0 radical (unpaired) electrons. The normalized spacial score (nSPS) is 10.1. The molecule has 0 fully saturated rings. The molecule has 0 unspecified atom stereocenters. The highest BCUT2D eigenvalue weighted by Gasteiger charge is 2.10. The summed E-state index contributed by atoms with van der Waals surface area (Å²) in [5.41, 5.74) is 0.901. The van der Waals surface area contributed by atoms with Gasteiger partial charge in [0.05, 0.1) is 5.69 Å². The molecule has 4 heteroatoms. The van der Waals surface area contributed by atoms with Gasteiger partial charge in [0.25, 0.3) is 0 Å². The van der Waals surface area contributed by atoms with Crippen molar-refractivity contribution in [2.45, 2.75) is 0 Å². The molecule has 0 amide bonds. The Bertz CT molecular complexity index is 528. The fourth-order valence-corrected chi connectivity index (χ4v) is 1.47. The Kier molecular flexibility index (Phi) is 2.64. The summed E-state index contributed by atoms with van der Waals surface area (Å²) in [4.78, 5) is 21.7. The summed E-state index contributed by atoms with van der Waals surface area (Å²) in [6.07, 6.45) is 1.90. The van der Waals surface area contributed by atoms with E-state index in [9.17, 15) is 14.0 Å². The lowest BCUT2D eigenvalue weighted by molar-refractivity contribution is -0.104. The smallest absolute Gasteiger partial charge is 0.242 e. The Morgan fingerprint density at radius 2 is 1.88 bits per heavy atom. The molecule has 16 heavy (non-hydrogen) atoms. The number of aromatic nitrogens is 1. The zero-order valence-corrected chi connectivity index (χ0v) is 8.26. The van der Waals surface area contributed by atoms with Gasteiger partial charge in [-0.05, 0) is 36.4 Å². The fraction of sp³-hybridized carbons (Fsp3) is 0. The van der Waals surface area contributed by atoms with Crippen molar-refractivity contribution in [1.82, 2.24) is 4.57 Å². The van der Waals surface area contributed by atoms with Gasteiger partial charge in [0.15, 0.2) is 6.29 Å². The van der Waals surface area contributed by atoms with Gasteiger partial charge in [0.1, 0.15) is 5.82 Å². The van der Waals surface area contributed by atoms with Crippen LogP contribution in [-0.4, -0.2) is 16.6 Å². The van der Waals surface area contributed by atoms with Gasteiger partial charge in [-0.3, -0.25) is 9.59 Å². The van der Waals surface area contributed by atoms with Crippen molar-refractivity contribution >= 4 is 12.1 Å². The van der Waals surface area contributed by atoms with E-state index in [-0.39, 0.29) is 17.8 Å². The Morgan fingerprint density at radius 3 is 2.50 bits per heavy atom. The summed E-state index contributed by atoms with van der Waals surface area (Å²) in [5.74, 6) is -0.950. The molecule has 1 heterocycles. The second-order valence-corrected chi connectivity index (χ2v) is 3.22. The van der Waals surface area contributed by atoms with E-state index in [1.165, 1.54) is 28.8 Å². The van der Waals surface area contributed by atoms with Crippen molar-refractivity contribution in [3.05, 3.63) is 54.1 Å². The third-order valence-corrected chi connectivity index (χ3v) is 2.21. The number of nitrogens with zero attached hydrogens (tertiary/aromatic N) is 1. The molecule has 1 aromatic carbocycles. The minimum Gasteiger partial charge on any atom is -0.314 e. The molecule has 80 valence electrons. The summed E-state index contributed by atoms with van der Waals surface area (Å²) in [7, 11) is 0. The lowest BCUT2D eigenvalue weighted by atomic mass is 10.2. The molecule has 2 aromatic rings. The molecule has 0 saturated heterocycles. The van der Waals surface area contributed by atoms with E-state index in [0.29, 0.717) is 5.69 Å². The van der Waals surface area contributed by atoms with Crippen molar-refractivity contribution in [3.8, 4) is 5.69 Å². The van der Waals surface area contributed by atoms with Gasteiger partial charge < -0.3 is 4.57 Å². The Labute approximate surface area is 91.1 Å². The fourth-order valence-electron chi connectivity index (χ4n) is 1.47. The zero-order valence-electron chi connectivity index (χ0n) is 8.26. The van der Waals surface area contributed by atoms with Crippen LogP contribution in [0.5, 0.6) is 0 Å². The first-order valence-corrected chi connectivity index (χ1v) is 4.65. The van der Waals surface area contributed by atoms with Crippen LogP contribution in [0.1, 0.15) is 10.5 Å². The molecule has 0 aliphatic rings. The Balaban J connectivity index is 2.48. The largest absolute Gasteiger partial charge is 0.314 e. The quantitative estimate of drug-likeness (QED) is 0.448. The van der Waals surface area contributed by atoms with E-state index in [4.69, 9.17) is 0 Å². The first-order chi connectivity index (χ1) is 7.72. The molecular weight excluding hydrogens is 209 g/mol. The predicted molar refractivity (Wildman–Crippen MR) is 56.1 cm³/mol. The van der Waals surface area contributed by atoms with Gasteiger partial charge in [0, 0.05) is 11.9 Å². The van der Waals surface area contributed by atoms with Crippen molar-refractivity contribution < 1.29 is 14.0 Å². The standard InChI is InChI=1S/C12H8FNO2/c13-9-3-5-10(6-4-9)14-7-1-2-11(14)12(16)8-15/h1-8H. The number of hydrogen-bond donors (Lipinski definition) is 0. The summed E-state index contributed by atoms with van der Waals surface area (Å²) in [6, 6.07) is 8.86. The Hall–Kier alpha value is -2.23. The van der Waals surface area contributed by atoms with Crippen LogP contribution in [0, 0.1) is 5.82 Å². The molecule has 1 aromatic heterocycles. The van der Waals surface area contributed by atoms with Gasteiger partial charge in [-0.2, -0.15) is 0 Å². The summed E-state index contributed by atoms with van der Waals surface area (Å²) >= 11 is 0. The topological polar surface area (TPSA) is 39.1 Å². The van der Waals surface area contributed by atoms with Crippen molar-refractivity contribution in [2.24, 2.45) is 0 Å². The lowest BCUT2D eigenvalue weighted by Gasteiger charge is -2.05. The van der Waals surface area contributed by atoms with Crippen LogP contribution in [-0.2, 0) is 4.79 Å². The molecule has 0 aliphatic carbocycles. The van der Waals surface area contributed by atoms with Gasteiger partial charge in [-0.25, -0.2) is 4.39 Å². The predicted octanol–water partition coefficient (Wildman–Crippen LogP) is 2.00. The lowest BCUT2D eigenvalue weighted by Crippen LogP contribution is -2.07. The second kappa shape index (κ2) is 4.10. The van der Waals surface area contributed by atoms with Gasteiger partial charge in [-0.1, -0.05) is 0 Å². The third-order valence-electron chi connectivity index (χ3n) is 2.21. The maximum absolute atomic E-state index is 12.7. The number of halogens is 1. The van der Waals surface area contributed by atoms with Crippen LogP contribution in [0.15, 0.2) is 42.6 Å². The average Bonchev–Trinajstić information content (AvgIpc) is 2.78. The average molecular weight is 217 g/mol. The number of hydrogen-bond acceptors (Lipinski definition) is 2. The van der Waals surface area contributed by atoms with E-state index in [0.717, 1.165) is 0 Å². The van der Waals surface area contributed by atoms with Crippen LogP contribution >= 0.6 is 0 Å². The monoisotopic (exact) mass is 217 g/mol. The molecule has 0 atom stereocenters. The minimum atomic E-state index is -0.602. The number of carbonyl (C=O) groups is 2. The number of ketones is 1. The number of aldehydes is 1. The zero-order chi connectivity index (χ0) is 11.5. The molecule has 0 aliphatic heterocycles. The second-order valence-electron chi connectivity index (χ2n) is 3.22. The highest BCUT2D eigenvalue weighted by molar-refractivity contribution is 6.32. The number of rotatable bonds is 3. The first kappa shape index (κ1) is 10.3. The maximum Gasteiger partial charge on any atom is 0.242 e. The van der Waals surface area contributed by atoms with E-state index >= 15 is 0 Å². The SMILES string of the molecule is O=CC(=O)c1cccn1-c1ccc(F)cc1. The number of benzene rings is 1. The number of Topliss-reactive ketones (excluding diaryl/α,β-unsaturated/α-hetero) is 1. The van der Waals surface area contributed by atoms with Crippen LogP contribution in [0.25, 0.3) is 5.69 Å². The van der Waals surface area contributed by atoms with Gasteiger partial charge in [0.2, 0.25) is 5.78 Å². The molecular formula is C12H8FNO2. The van der Waals surface area contributed by atoms with Crippen LogP contribution in [0.2, 0.25) is 0 Å².